The molecule has 0 aliphatic carbocycles. The Labute approximate surface area is 136 Å². The van der Waals surface area contributed by atoms with Crippen LogP contribution in [-0.4, -0.2) is 54.1 Å². The van der Waals surface area contributed by atoms with Crippen molar-refractivity contribution in [2.24, 2.45) is 0 Å². The van der Waals surface area contributed by atoms with Gasteiger partial charge in [-0.05, 0) is 6.92 Å². The molecule has 5 nitrogen and oxygen atoms in total. The molecule has 1 aliphatic rings. The summed E-state index contributed by atoms with van der Waals surface area (Å²) in [4.78, 5) is 34.9. The van der Waals surface area contributed by atoms with Crippen molar-refractivity contribution < 1.29 is 48.5 Å². The van der Waals surface area contributed by atoms with Crippen molar-refractivity contribution in [2.75, 3.05) is 26.2 Å². The van der Waals surface area contributed by atoms with E-state index < -0.39 is 6.52 Å². The van der Waals surface area contributed by atoms with Gasteiger partial charge in [0.1, 0.15) is 0 Å². The van der Waals surface area contributed by atoms with Crippen LogP contribution in [0.15, 0.2) is 0 Å². The van der Waals surface area contributed by atoms with Gasteiger partial charge < -0.3 is 19.4 Å². The van der Waals surface area contributed by atoms with Gasteiger partial charge >= 0.3 is 0 Å². The SMILES string of the molecule is C[C-]=O.[2H]C1C(=O)N(CC)CCN1C(=O)[C-](C)C.[Y]. The van der Waals surface area contributed by atoms with Crippen molar-refractivity contribution in [1.29, 1.82) is 0 Å². The van der Waals surface area contributed by atoms with Gasteiger partial charge in [0.2, 0.25) is 5.91 Å². The molecule has 1 fully saturated rings. The number of amides is 2. The van der Waals surface area contributed by atoms with Gasteiger partial charge in [0.05, 0.1) is 13.8 Å². The van der Waals surface area contributed by atoms with E-state index >= 15 is 0 Å². The van der Waals surface area contributed by atoms with E-state index in [0.717, 1.165) is 0 Å². The molecule has 0 aromatic heterocycles. The molecule has 1 saturated heterocycles. The zero-order chi connectivity index (χ0) is 14.3. The summed E-state index contributed by atoms with van der Waals surface area (Å²) in [6.45, 7) is 7.12. The molecule has 0 N–H and O–H groups in total. The summed E-state index contributed by atoms with van der Waals surface area (Å²) in [5.41, 5.74) is 0. The Kier molecular flexibility index (Phi) is 10.3. The van der Waals surface area contributed by atoms with Gasteiger partial charge in [-0.2, -0.15) is 20.8 Å². The van der Waals surface area contributed by atoms with Crippen LogP contribution >= 0.6 is 0 Å². The van der Waals surface area contributed by atoms with Gasteiger partial charge in [-0.3, -0.25) is 17.0 Å². The third-order valence-corrected chi connectivity index (χ3v) is 2.26. The summed E-state index contributed by atoms with van der Waals surface area (Å²) < 4.78 is 7.69. The number of hydrogen-bond acceptors (Lipinski definition) is 3. The maximum absolute atomic E-state index is 11.6. The number of likely N-dealkylation sites (N-methyl/N-ethyl adjacent to an activating group) is 1. The second kappa shape index (κ2) is 10.5. The van der Waals surface area contributed by atoms with Crippen LogP contribution in [0.25, 0.3) is 0 Å². The summed E-state index contributed by atoms with van der Waals surface area (Å²) in [5, 5.41) is 0. The molecule has 1 atom stereocenters. The molecular weight excluding hydrogens is 309 g/mol. The van der Waals surface area contributed by atoms with Crippen molar-refractivity contribution in [2.45, 2.75) is 27.7 Å². The monoisotopic (exact) mass is 330 g/mol. The Morgan fingerprint density at radius 3 is 2.39 bits per heavy atom. The summed E-state index contributed by atoms with van der Waals surface area (Å²) in [6, 6.07) is 0. The Bertz CT molecular complexity index is 313. The van der Waals surface area contributed by atoms with Gasteiger partial charge in [0.15, 0.2) is 0 Å². The summed E-state index contributed by atoms with van der Waals surface area (Å²) >= 11 is 0. The van der Waals surface area contributed by atoms with E-state index in [1.807, 2.05) is 6.92 Å². The molecule has 1 rings (SSSR count). The molecule has 101 valence electrons. The van der Waals surface area contributed by atoms with Crippen LogP contribution in [0, 0.1) is 5.92 Å². The van der Waals surface area contributed by atoms with Crippen LogP contribution in [0.3, 0.4) is 0 Å². The third kappa shape index (κ3) is 6.50. The molecule has 1 aliphatic heterocycles. The minimum Gasteiger partial charge on any atom is -0.542 e. The molecule has 0 spiro atoms. The molecule has 1 radical (unpaired) electrons. The fourth-order valence-electron chi connectivity index (χ4n) is 1.38. The molecule has 18 heavy (non-hydrogen) atoms. The van der Waals surface area contributed by atoms with Crippen molar-refractivity contribution in [3.63, 3.8) is 0 Å². The van der Waals surface area contributed by atoms with E-state index in [0.29, 0.717) is 25.6 Å². The number of nitrogens with zero attached hydrogens (tertiary/aromatic N) is 2. The van der Waals surface area contributed by atoms with Crippen molar-refractivity contribution >= 4 is 18.1 Å². The maximum Gasteiger partial charge on any atom is 0.242 e. The van der Waals surface area contributed by atoms with Crippen LogP contribution in [0.4, 0.5) is 0 Å². The fraction of sp³-hybridized carbons (Fsp3) is 0.667. The Morgan fingerprint density at radius 1 is 1.50 bits per heavy atom. The minimum atomic E-state index is -1.07. The maximum atomic E-state index is 11.6. The molecule has 2 amide bonds. The first kappa shape index (κ1) is 17.6. The second-order valence-corrected chi connectivity index (χ2v) is 3.75. The molecule has 0 bridgehead atoms. The zero-order valence-electron chi connectivity index (χ0n) is 12.4. The smallest absolute Gasteiger partial charge is 0.242 e. The van der Waals surface area contributed by atoms with E-state index in [-0.39, 0.29) is 44.5 Å². The van der Waals surface area contributed by atoms with Crippen molar-refractivity contribution in [1.82, 2.24) is 9.80 Å². The van der Waals surface area contributed by atoms with E-state index in [4.69, 9.17) is 6.17 Å². The second-order valence-electron chi connectivity index (χ2n) is 3.75. The summed E-state index contributed by atoms with van der Waals surface area (Å²) in [5.74, 6) is 0.141. The number of rotatable bonds is 2. The average Bonchev–Trinajstić information content (AvgIpc) is 2.32. The number of piperazine rings is 1. The first-order chi connectivity index (χ1) is 8.40. The molecule has 0 saturated carbocycles. The number of hydrogen-bond donors (Lipinski definition) is 0. The quantitative estimate of drug-likeness (QED) is 0.689. The molecule has 1 heterocycles. The van der Waals surface area contributed by atoms with E-state index in [2.05, 4.69) is 0 Å². The number of carbonyl (C=O) groups excluding carboxylic acids is 3. The van der Waals surface area contributed by atoms with Gasteiger partial charge in [-0.15, -0.1) is 0 Å². The van der Waals surface area contributed by atoms with Gasteiger partial charge in [-0.1, -0.05) is 0 Å². The van der Waals surface area contributed by atoms with Crippen molar-refractivity contribution in [3.8, 4) is 0 Å². The molecule has 0 aromatic rings. The molecule has 1 unspecified atom stereocenters. The van der Waals surface area contributed by atoms with Crippen LogP contribution in [0.2, 0.25) is 0 Å². The van der Waals surface area contributed by atoms with Crippen LogP contribution in [-0.2, 0) is 47.1 Å². The Hall–Kier alpha value is -0.416. The Balaban J connectivity index is 0. The predicted molar refractivity (Wildman–Crippen MR) is 64.8 cm³/mol. The first-order valence-electron chi connectivity index (χ1n) is 6.09. The van der Waals surface area contributed by atoms with Gasteiger partial charge in [-0.25, -0.2) is 0 Å². The largest absolute Gasteiger partial charge is 0.542 e. The van der Waals surface area contributed by atoms with Crippen LogP contribution < -0.4 is 0 Å². The Morgan fingerprint density at radius 2 is 2.00 bits per heavy atom. The average molecular weight is 330 g/mol. The van der Waals surface area contributed by atoms with E-state index in [1.165, 1.54) is 18.1 Å². The predicted octanol–water partition coefficient (Wildman–Crippen LogP) is 0.405. The van der Waals surface area contributed by atoms with Crippen LogP contribution in [0.5, 0.6) is 0 Å². The minimum absolute atomic E-state index is 0. The van der Waals surface area contributed by atoms with Gasteiger partial charge in [0.25, 0.3) is 0 Å². The summed E-state index contributed by atoms with van der Waals surface area (Å²) in [7, 11) is 0. The topological polar surface area (TPSA) is 57.7 Å². The number of carbonyl (C=O) groups is 2. The normalized spacial score (nSPS) is 19.0. The molecular formula is C12H20N2O3Y-2. The van der Waals surface area contributed by atoms with E-state index in [1.54, 1.807) is 18.7 Å². The third-order valence-electron chi connectivity index (χ3n) is 2.26. The standard InChI is InChI=1S/C10H17N2O2.C2H3O.Y/c1-4-11-5-6-12(7-9(11)13)10(14)8(2)3;1-2-3;/h4-7H2,1-3H3;1H3;/q2*-1;/i7D;;. The van der Waals surface area contributed by atoms with Gasteiger partial charge in [0, 0.05) is 52.3 Å². The molecule has 6 heteroatoms. The first-order valence-corrected chi connectivity index (χ1v) is 5.51. The van der Waals surface area contributed by atoms with E-state index in [9.17, 15) is 9.59 Å². The van der Waals surface area contributed by atoms with Crippen molar-refractivity contribution in [3.05, 3.63) is 5.92 Å². The zero-order valence-corrected chi connectivity index (χ0v) is 14.2. The molecule has 0 aromatic carbocycles. The van der Waals surface area contributed by atoms with Crippen LogP contribution in [0.1, 0.15) is 29.1 Å². The summed E-state index contributed by atoms with van der Waals surface area (Å²) in [6.07, 6.45) is 1.50. The fourth-order valence-corrected chi connectivity index (χ4v) is 1.38.